The van der Waals surface area contributed by atoms with E-state index in [1.54, 1.807) is 0 Å². The van der Waals surface area contributed by atoms with Crippen molar-refractivity contribution in [2.24, 2.45) is 0 Å². The van der Waals surface area contributed by atoms with Crippen LogP contribution in [-0.2, 0) is 12.8 Å². The Bertz CT molecular complexity index is 243. The summed E-state index contributed by atoms with van der Waals surface area (Å²) in [6.45, 7) is 4.43. The molecule has 1 heterocycles. The van der Waals surface area contributed by atoms with Crippen molar-refractivity contribution in [2.75, 3.05) is 0 Å². The van der Waals surface area contributed by atoms with Gasteiger partial charge in [0, 0.05) is 11.9 Å². The zero-order valence-corrected chi connectivity index (χ0v) is 8.71. The van der Waals surface area contributed by atoms with Gasteiger partial charge in [0.2, 0.25) is 0 Å². The highest BCUT2D eigenvalue weighted by Gasteiger charge is 1.95. The van der Waals surface area contributed by atoms with E-state index in [4.69, 9.17) is 0 Å². The number of aromatic nitrogens is 1. The van der Waals surface area contributed by atoms with E-state index in [2.05, 4.69) is 31.0 Å². The van der Waals surface area contributed by atoms with Crippen LogP contribution in [0.5, 0.6) is 0 Å². The fraction of sp³-hybridized carbons (Fsp3) is 0.583. The van der Waals surface area contributed by atoms with Gasteiger partial charge in [-0.05, 0) is 37.0 Å². The number of hydrogen-bond donors (Lipinski definition) is 0. The molecule has 0 saturated carbocycles. The first-order valence-electron chi connectivity index (χ1n) is 5.30. The molecular weight excluding hydrogens is 158 g/mol. The molecule has 1 aromatic heterocycles. The summed E-state index contributed by atoms with van der Waals surface area (Å²) < 4.78 is 0. The molecule has 1 nitrogen and oxygen atoms in total. The molecule has 0 unspecified atom stereocenters. The van der Waals surface area contributed by atoms with Crippen molar-refractivity contribution in [3.63, 3.8) is 0 Å². The Morgan fingerprint density at radius 2 is 2.00 bits per heavy atom. The van der Waals surface area contributed by atoms with Crippen molar-refractivity contribution < 1.29 is 0 Å². The molecule has 0 bridgehead atoms. The largest absolute Gasteiger partial charge is 0.261 e. The average Bonchev–Trinajstić information content (AvgIpc) is 2.16. The van der Waals surface area contributed by atoms with Crippen LogP contribution in [0.4, 0.5) is 0 Å². The second kappa shape index (κ2) is 5.74. The molecule has 13 heavy (non-hydrogen) atoms. The van der Waals surface area contributed by atoms with Crippen molar-refractivity contribution in [3.8, 4) is 0 Å². The lowest BCUT2D eigenvalue weighted by Crippen LogP contribution is -1.92. The summed E-state index contributed by atoms with van der Waals surface area (Å²) in [7, 11) is 0. The minimum Gasteiger partial charge on any atom is -0.261 e. The number of unbranched alkanes of at least 4 members (excludes halogenated alkanes) is 1. The van der Waals surface area contributed by atoms with Gasteiger partial charge >= 0.3 is 0 Å². The molecule has 1 heteroatoms. The molecule has 0 aliphatic heterocycles. The van der Waals surface area contributed by atoms with Crippen molar-refractivity contribution in [2.45, 2.75) is 46.0 Å². The van der Waals surface area contributed by atoms with Crippen LogP contribution in [0.1, 0.15) is 44.4 Å². The first kappa shape index (κ1) is 10.2. The summed E-state index contributed by atoms with van der Waals surface area (Å²) in [5.74, 6) is 0. The number of aryl methyl sites for hydroxylation is 2. The van der Waals surface area contributed by atoms with E-state index in [0.717, 1.165) is 6.42 Å². The molecule has 0 aromatic carbocycles. The first-order chi connectivity index (χ1) is 6.36. The number of rotatable bonds is 5. The summed E-state index contributed by atoms with van der Waals surface area (Å²) in [6.07, 6.45) is 8.00. The minimum atomic E-state index is 1.11. The van der Waals surface area contributed by atoms with Gasteiger partial charge in [-0.2, -0.15) is 0 Å². The fourth-order valence-corrected chi connectivity index (χ4v) is 1.46. The standard InChI is InChI=1S/C12H19N/c1-3-5-7-11-8-9-13-12(10-11)6-4-2/h8-10H,3-7H2,1-2H3. The summed E-state index contributed by atoms with van der Waals surface area (Å²) >= 11 is 0. The van der Waals surface area contributed by atoms with E-state index in [1.165, 1.54) is 36.9 Å². The molecule has 0 atom stereocenters. The van der Waals surface area contributed by atoms with E-state index < -0.39 is 0 Å². The Hall–Kier alpha value is -0.850. The minimum absolute atomic E-state index is 1.11. The van der Waals surface area contributed by atoms with Crippen LogP contribution in [0, 0.1) is 0 Å². The normalized spacial score (nSPS) is 10.3. The van der Waals surface area contributed by atoms with E-state index in [-0.39, 0.29) is 0 Å². The van der Waals surface area contributed by atoms with E-state index in [9.17, 15) is 0 Å². The van der Waals surface area contributed by atoms with Crippen LogP contribution in [0.15, 0.2) is 18.3 Å². The molecular formula is C12H19N. The van der Waals surface area contributed by atoms with Gasteiger partial charge in [-0.3, -0.25) is 4.98 Å². The summed E-state index contributed by atoms with van der Waals surface area (Å²) in [5.41, 5.74) is 2.69. The van der Waals surface area contributed by atoms with Gasteiger partial charge in [-0.1, -0.05) is 26.7 Å². The lowest BCUT2D eigenvalue weighted by Gasteiger charge is -2.02. The zero-order valence-electron chi connectivity index (χ0n) is 8.71. The predicted molar refractivity (Wildman–Crippen MR) is 56.8 cm³/mol. The third kappa shape index (κ3) is 3.58. The van der Waals surface area contributed by atoms with E-state index >= 15 is 0 Å². The molecule has 0 saturated heterocycles. The maximum atomic E-state index is 4.34. The summed E-state index contributed by atoms with van der Waals surface area (Å²) in [6, 6.07) is 4.38. The van der Waals surface area contributed by atoms with Crippen molar-refractivity contribution in [1.82, 2.24) is 4.98 Å². The predicted octanol–water partition coefficient (Wildman–Crippen LogP) is 3.38. The number of nitrogens with zero attached hydrogens (tertiary/aromatic N) is 1. The molecule has 0 aliphatic carbocycles. The molecule has 0 spiro atoms. The molecule has 0 aliphatic rings. The van der Waals surface area contributed by atoms with Gasteiger partial charge < -0.3 is 0 Å². The third-order valence-electron chi connectivity index (χ3n) is 2.21. The van der Waals surface area contributed by atoms with Crippen LogP contribution in [0.2, 0.25) is 0 Å². The van der Waals surface area contributed by atoms with Crippen LogP contribution < -0.4 is 0 Å². The summed E-state index contributed by atoms with van der Waals surface area (Å²) in [5, 5.41) is 0. The van der Waals surface area contributed by atoms with Gasteiger partial charge in [0.1, 0.15) is 0 Å². The Labute approximate surface area is 81.2 Å². The van der Waals surface area contributed by atoms with Crippen LogP contribution in [-0.4, -0.2) is 4.98 Å². The van der Waals surface area contributed by atoms with Crippen molar-refractivity contribution >= 4 is 0 Å². The monoisotopic (exact) mass is 177 g/mol. The van der Waals surface area contributed by atoms with Crippen LogP contribution >= 0.6 is 0 Å². The molecule has 1 rings (SSSR count). The first-order valence-corrected chi connectivity index (χ1v) is 5.30. The molecule has 0 amide bonds. The zero-order chi connectivity index (χ0) is 9.52. The average molecular weight is 177 g/mol. The van der Waals surface area contributed by atoms with Gasteiger partial charge in [0.25, 0.3) is 0 Å². The van der Waals surface area contributed by atoms with Crippen LogP contribution in [0.3, 0.4) is 0 Å². The highest BCUT2D eigenvalue weighted by molar-refractivity contribution is 5.16. The summed E-state index contributed by atoms with van der Waals surface area (Å²) in [4.78, 5) is 4.34. The molecule has 0 radical (unpaired) electrons. The highest BCUT2D eigenvalue weighted by Crippen LogP contribution is 2.07. The second-order valence-corrected chi connectivity index (χ2v) is 3.51. The number of hydrogen-bond acceptors (Lipinski definition) is 1. The Balaban J connectivity index is 2.56. The van der Waals surface area contributed by atoms with Gasteiger partial charge in [0.15, 0.2) is 0 Å². The van der Waals surface area contributed by atoms with Gasteiger partial charge in [-0.15, -0.1) is 0 Å². The smallest absolute Gasteiger partial charge is 0.0406 e. The fourth-order valence-electron chi connectivity index (χ4n) is 1.46. The number of pyridine rings is 1. The topological polar surface area (TPSA) is 12.9 Å². The molecule has 1 aromatic rings. The molecule has 0 fully saturated rings. The lowest BCUT2D eigenvalue weighted by molar-refractivity contribution is 0.788. The van der Waals surface area contributed by atoms with Crippen LogP contribution in [0.25, 0.3) is 0 Å². The Morgan fingerprint density at radius 1 is 1.15 bits per heavy atom. The third-order valence-corrected chi connectivity index (χ3v) is 2.21. The van der Waals surface area contributed by atoms with E-state index in [0.29, 0.717) is 0 Å². The second-order valence-electron chi connectivity index (χ2n) is 3.51. The van der Waals surface area contributed by atoms with E-state index in [1.807, 2.05) is 6.20 Å². The molecule has 72 valence electrons. The lowest BCUT2D eigenvalue weighted by atomic mass is 10.1. The maximum Gasteiger partial charge on any atom is 0.0406 e. The van der Waals surface area contributed by atoms with Crippen molar-refractivity contribution in [3.05, 3.63) is 29.6 Å². The quantitative estimate of drug-likeness (QED) is 0.672. The SMILES string of the molecule is CCCCc1ccnc(CCC)c1. The Kier molecular flexibility index (Phi) is 4.52. The molecule has 0 N–H and O–H groups in total. The van der Waals surface area contributed by atoms with Gasteiger partial charge in [-0.25, -0.2) is 0 Å². The van der Waals surface area contributed by atoms with Gasteiger partial charge in [0.05, 0.1) is 0 Å². The highest BCUT2D eigenvalue weighted by atomic mass is 14.7. The van der Waals surface area contributed by atoms with Crippen molar-refractivity contribution in [1.29, 1.82) is 0 Å². The Morgan fingerprint density at radius 3 is 2.69 bits per heavy atom. The maximum absolute atomic E-state index is 4.34.